The zero-order valence-corrected chi connectivity index (χ0v) is 12.2. The van der Waals surface area contributed by atoms with Gasteiger partial charge >= 0.3 is 0 Å². The summed E-state index contributed by atoms with van der Waals surface area (Å²) in [5.41, 5.74) is 1.01. The second kappa shape index (κ2) is 6.56. The van der Waals surface area contributed by atoms with Gasteiger partial charge in [-0.05, 0) is 29.8 Å². The largest absolute Gasteiger partial charge is 0.348 e. The van der Waals surface area contributed by atoms with Crippen molar-refractivity contribution in [3.63, 3.8) is 0 Å². The minimum absolute atomic E-state index is 0.0627. The molecule has 0 saturated heterocycles. The molecule has 0 radical (unpaired) electrons. The predicted octanol–water partition coefficient (Wildman–Crippen LogP) is 3.83. The van der Waals surface area contributed by atoms with Crippen molar-refractivity contribution >= 4 is 34.8 Å². The zero-order chi connectivity index (χ0) is 15.4. The lowest BCUT2D eigenvalue weighted by molar-refractivity contribution is -0.384. The molecule has 0 aliphatic rings. The first kappa shape index (κ1) is 15.3. The van der Waals surface area contributed by atoms with Crippen LogP contribution in [0.1, 0.15) is 15.9 Å². The molecule has 1 N–H and O–H groups in total. The highest BCUT2D eigenvalue weighted by molar-refractivity contribution is 6.35. The van der Waals surface area contributed by atoms with Gasteiger partial charge in [0.2, 0.25) is 0 Å². The summed E-state index contributed by atoms with van der Waals surface area (Å²) in [6.45, 7) is 0.242. The number of rotatable bonds is 4. The summed E-state index contributed by atoms with van der Waals surface area (Å²) < 4.78 is 0. The monoisotopic (exact) mass is 324 g/mol. The van der Waals surface area contributed by atoms with Gasteiger partial charge in [0, 0.05) is 34.3 Å². The van der Waals surface area contributed by atoms with Crippen LogP contribution in [0.5, 0.6) is 0 Å². The molecule has 0 aromatic heterocycles. The summed E-state index contributed by atoms with van der Waals surface area (Å²) in [7, 11) is 0. The Balaban J connectivity index is 2.02. The zero-order valence-electron chi connectivity index (χ0n) is 10.7. The van der Waals surface area contributed by atoms with Gasteiger partial charge in [0.25, 0.3) is 11.6 Å². The third kappa shape index (κ3) is 3.93. The van der Waals surface area contributed by atoms with E-state index in [1.54, 1.807) is 18.2 Å². The molecule has 2 rings (SSSR count). The third-order valence-corrected chi connectivity index (χ3v) is 3.38. The van der Waals surface area contributed by atoms with E-state index in [9.17, 15) is 14.9 Å². The summed E-state index contributed by atoms with van der Waals surface area (Å²) in [5, 5.41) is 14.2. The molecule has 0 unspecified atom stereocenters. The van der Waals surface area contributed by atoms with Gasteiger partial charge in [0.15, 0.2) is 0 Å². The van der Waals surface area contributed by atoms with Crippen molar-refractivity contribution in [2.75, 3.05) is 0 Å². The predicted molar refractivity (Wildman–Crippen MR) is 80.7 cm³/mol. The summed E-state index contributed by atoms with van der Waals surface area (Å²) in [6.07, 6.45) is 0. The maximum Gasteiger partial charge on any atom is 0.269 e. The molecular formula is C14H10Cl2N2O3. The molecular weight excluding hydrogens is 315 g/mol. The van der Waals surface area contributed by atoms with Crippen LogP contribution in [0.4, 0.5) is 5.69 Å². The van der Waals surface area contributed by atoms with Crippen molar-refractivity contribution in [3.8, 4) is 0 Å². The van der Waals surface area contributed by atoms with Crippen LogP contribution in [0, 0.1) is 10.1 Å². The van der Waals surface area contributed by atoms with Crippen LogP contribution in [0.2, 0.25) is 10.0 Å². The molecule has 0 saturated carbocycles. The van der Waals surface area contributed by atoms with Gasteiger partial charge in [-0.15, -0.1) is 0 Å². The molecule has 0 atom stereocenters. The van der Waals surface area contributed by atoms with Gasteiger partial charge in [-0.1, -0.05) is 29.3 Å². The van der Waals surface area contributed by atoms with Crippen LogP contribution in [-0.2, 0) is 6.54 Å². The first-order valence-electron chi connectivity index (χ1n) is 5.94. The van der Waals surface area contributed by atoms with Crippen LogP contribution >= 0.6 is 23.2 Å². The number of hydrogen-bond acceptors (Lipinski definition) is 3. The van der Waals surface area contributed by atoms with Gasteiger partial charge in [-0.25, -0.2) is 0 Å². The SMILES string of the molecule is O=C(NCc1ccc(Cl)cc1Cl)c1ccc([N+](=O)[O-])cc1. The highest BCUT2D eigenvalue weighted by Gasteiger charge is 2.10. The van der Waals surface area contributed by atoms with Crippen LogP contribution in [-0.4, -0.2) is 10.8 Å². The molecule has 0 aliphatic heterocycles. The number of hydrogen-bond donors (Lipinski definition) is 1. The van der Waals surface area contributed by atoms with Crippen LogP contribution in [0.25, 0.3) is 0 Å². The number of nitrogens with one attached hydrogen (secondary N) is 1. The minimum Gasteiger partial charge on any atom is -0.348 e. The Morgan fingerprint density at radius 2 is 1.81 bits per heavy atom. The van der Waals surface area contributed by atoms with Crippen molar-refractivity contribution in [1.29, 1.82) is 0 Å². The number of non-ortho nitro benzene ring substituents is 1. The number of halogens is 2. The molecule has 0 heterocycles. The first-order chi connectivity index (χ1) is 9.97. The second-order valence-corrected chi connectivity index (χ2v) is 5.07. The summed E-state index contributed by atoms with van der Waals surface area (Å²) in [6, 6.07) is 10.4. The average molecular weight is 325 g/mol. The van der Waals surface area contributed by atoms with Gasteiger partial charge in [0.05, 0.1) is 4.92 Å². The third-order valence-electron chi connectivity index (χ3n) is 2.79. The highest BCUT2D eigenvalue weighted by atomic mass is 35.5. The Kier molecular flexibility index (Phi) is 4.77. The van der Waals surface area contributed by atoms with E-state index in [1.807, 2.05) is 0 Å². The van der Waals surface area contributed by atoms with Crippen molar-refractivity contribution in [1.82, 2.24) is 5.32 Å². The fourth-order valence-corrected chi connectivity index (χ4v) is 2.15. The molecule has 7 heteroatoms. The molecule has 0 spiro atoms. The van der Waals surface area contributed by atoms with E-state index in [0.29, 0.717) is 15.6 Å². The quantitative estimate of drug-likeness (QED) is 0.686. The number of carbonyl (C=O) groups excluding carboxylic acids is 1. The number of carbonyl (C=O) groups is 1. The number of nitro benzene ring substituents is 1. The van der Waals surface area contributed by atoms with Crippen LogP contribution < -0.4 is 5.32 Å². The standard InChI is InChI=1S/C14H10Cl2N2O3/c15-11-4-1-10(13(16)7-11)8-17-14(19)9-2-5-12(6-3-9)18(20)21/h1-7H,8H2,(H,17,19). The van der Waals surface area contributed by atoms with E-state index in [0.717, 1.165) is 5.56 Å². The molecule has 2 aromatic rings. The molecule has 21 heavy (non-hydrogen) atoms. The second-order valence-electron chi connectivity index (χ2n) is 4.22. The van der Waals surface area contributed by atoms with Gasteiger partial charge in [-0.3, -0.25) is 14.9 Å². The Labute approximate surface area is 130 Å². The lowest BCUT2D eigenvalue weighted by Crippen LogP contribution is -2.22. The summed E-state index contributed by atoms with van der Waals surface area (Å²) in [4.78, 5) is 21.9. The average Bonchev–Trinajstić information content (AvgIpc) is 2.46. The Morgan fingerprint density at radius 1 is 1.14 bits per heavy atom. The number of benzene rings is 2. The molecule has 1 amide bonds. The van der Waals surface area contributed by atoms with Gasteiger partial charge in [0.1, 0.15) is 0 Å². The Bertz CT molecular complexity index is 687. The van der Waals surface area contributed by atoms with Crippen molar-refractivity contribution < 1.29 is 9.72 Å². The highest BCUT2D eigenvalue weighted by Crippen LogP contribution is 2.21. The topological polar surface area (TPSA) is 72.2 Å². The molecule has 2 aromatic carbocycles. The summed E-state index contributed by atoms with van der Waals surface area (Å²) in [5.74, 6) is -0.337. The van der Waals surface area contributed by atoms with Crippen molar-refractivity contribution in [2.45, 2.75) is 6.54 Å². The number of nitro groups is 1. The minimum atomic E-state index is -0.519. The Hall–Kier alpha value is -2.11. The fourth-order valence-electron chi connectivity index (χ4n) is 1.68. The molecule has 0 fully saturated rings. The smallest absolute Gasteiger partial charge is 0.269 e. The normalized spacial score (nSPS) is 10.2. The Morgan fingerprint density at radius 3 is 2.38 bits per heavy atom. The first-order valence-corrected chi connectivity index (χ1v) is 6.69. The van der Waals surface area contributed by atoms with E-state index in [-0.39, 0.29) is 18.1 Å². The van der Waals surface area contributed by atoms with E-state index in [1.165, 1.54) is 24.3 Å². The van der Waals surface area contributed by atoms with Crippen LogP contribution in [0.15, 0.2) is 42.5 Å². The molecule has 0 aliphatic carbocycles. The van der Waals surface area contributed by atoms with E-state index in [4.69, 9.17) is 23.2 Å². The fraction of sp³-hybridized carbons (Fsp3) is 0.0714. The lowest BCUT2D eigenvalue weighted by atomic mass is 10.2. The lowest BCUT2D eigenvalue weighted by Gasteiger charge is -2.07. The van der Waals surface area contributed by atoms with Crippen LogP contribution in [0.3, 0.4) is 0 Å². The van der Waals surface area contributed by atoms with Gasteiger partial charge in [-0.2, -0.15) is 0 Å². The number of nitrogens with zero attached hydrogens (tertiary/aromatic N) is 1. The van der Waals surface area contributed by atoms with Crippen molar-refractivity contribution in [3.05, 3.63) is 73.8 Å². The van der Waals surface area contributed by atoms with Crippen molar-refractivity contribution in [2.24, 2.45) is 0 Å². The van der Waals surface area contributed by atoms with Gasteiger partial charge < -0.3 is 5.32 Å². The molecule has 0 bridgehead atoms. The maximum absolute atomic E-state index is 11.9. The van der Waals surface area contributed by atoms with E-state index in [2.05, 4.69) is 5.32 Å². The van der Waals surface area contributed by atoms with E-state index >= 15 is 0 Å². The molecule has 5 nitrogen and oxygen atoms in total. The maximum atomic E-state index is 11.9. The summed E-state index contributed by atoms with van der Waals surface area (Å²) >= 11 is 11.8. The number of amides is 1. The molecule has 108 valence electrons. The van der Waals surface area contributed by atoms with E-state index < -0.39 is 4.92 Å².